The summed E-state index contributed by atoms with van der Waals surface area (Å²) in [6.07, 6.45) is 0. The summed E-state index contributed by atoms with van der Waals surface area (Å²) in [5.74, 6) is 0. The molecule has 2 amide bonds. The number of aryl methyl sites for hydroxylation is 2. The number of hydrogen-bond acceptors (Lipinski definition) is 1. The van der Waals surface area contributed by atoms with Crippen molar-refractivity contribution in [2.75, 3.05) is 7.05 Å². The van der Waals surface area contributed by atoms with E-state index in [-0.39, 0.29) is 0 Å². The molecule has 0 saturated carbocycles. The van der Waals surface area contributed by atoms with Crippen LogP contribution in [-0.4, -0.2) is 18.0 Å². The van der Waals surface area contributed by atoms with Crippen LogP contribution in [0.25, 0.3) is 0 Å². The van der Waals surface area contributed by atoms with Crippen molar-refractivity contribution in [2.24, 2.45) is 5.73 Å². The van der Waals surface area contributed by atoms with Crippen molar-refractivity contribution in [1.82, 2.24) is 4.90 Å². The second kappa shape index (κ2) is 4.56. The largest absolute Gasteiger partial charge is 0.351 e. The molecule has 1 aromatic carbocycles. The van der Waals surface area contributed by atoms with Crippen molar-refractivity contribution >= 4 is 6.03 Å². The molecule has 0 spiro atoms. The molecule has 0 aliphatic carbocycles. The first-order chi connectivity index (χ1) is 7.34. The molecule has 0 saturated heterocycles. The van der Waals surface area contributed by atoms with Crippen molar-refractivity contribution in [1.29, 1.82) is 0 Å². The Kier molecular flexibility index (Phi) is 3.58. The summed E-state index contributed by atoms with van der Waals surface area (Å²) in [5.41, 5.74) is 11.5. The van der Waals surface area contributed by atoms with Crippen molar-refractivity contribution in [3.05, 3.63) is 33.9 Å². The molecule has 3 heteroatoms. The Hall–Kier alpha value is -1.51. The zero-order valence-electron chi connectivity index (χ0n) is 10.7. The number of primary amides is 1. The lowest BCUT2D eigenvalue weighted by molar-refractivity contribution is 0.216. The molecular weight excluding hydrogens is 200 g/mol. The molecule has 0 radical (unpaired) electrons. The van der Waals surface area contributed by atoms with E-state index >= 15 is 0 Å². The number of amides is 2. The van der Waals surface area contributed by atoms with Gasteiger partial charge in [0.2, 0.25) is 0 Å². The first kappa shape index (κ1) is 12.6. The highest BCUT2D eigenvalue weighted by molar-refractivity contribution is 5.71. The first-order valence-corrected chi connectivity index (χ1v) is 5.41. The van der Waals surface area contributed by atoms with Gasteiger partial charge in [-0.15, -0.1) is 0 Å². The number of carbonyl (C=O) groups is 1. The van der Waals surface area contributed by atoms with Gasteiger partial charge in [0.05, 0.1) is 0 Å². The van der Waals surface area contributed by atoms with E-state index in [1.54, 1.807) is 7.05 Å². The Bertz CT molecular complexity index is 398. The molecule has 1 rings (SSSR count). The fourth-order valence-electron chi connectivity index (χ4n) is 1.85. The van der Waals surface area contributed by atoms with Crippen LogP contribution in [0.15, 0.2) is 6.07 Å². The summed E-state index contributed by atoms with van der Waals surface area (Å²) < 4.78 is 0. The minimum Gasteiger partial charge on any atom is -0.351 e. The maximum absolute atomic E-state index is 11.0. The van der Waals surface area contributed by atoms with E-state index in [1.807, 2.05) is 0 Å². The van der Waals surface area contributed by atoms with Crippen LogP contribution in [0, 0.1) is 27.7 Å². The number of benzene rings is 1. The second-order valence-corrected chi connectivity index (χ2v) is 4.43. The Morgan fingerprint density at radius 1 is 1.19 bits per heavy atom. The quantitative estimate of drug-likeness (QED) is 0.817. The average Bonchev–Trinajstić information content (AvgIpc) is 2.21. The van der Waals surface area contributed by atoms with Crippen molar-refractivity contribution < 1.29 is 4.79 Å². The predicted molar refractivity (Wildman–Crippen MR) is 66.4 cm³/mol. The first-order valence-electron chi connectivity index (χ1n) is 5.41. The van der Waals surface area contributed by atoms with Crippen molar-refractivity contribution in [3.63, 3.8) is 0 Å². The molecule has 0 fully saturated rings. The predicted octanol–water partition coefficient (Wildman–Crippen LogP) is 2.43. The number of carbonyl (C=O) groups excluding carboxylic acids is 1. The zero-order chi connectivity index (χ0) is 12.5. The third kappa shape index (κ3) is 2.35. The lowest BCUT2D eigenvalue weighted by Crippen LogP contribution is -2.32. The number of nitrogens with zero attached hydrogens (tertiary/aromatic N) is 1. The van der Waals surface area contributed by atoms with E-state index in [2.05, 4.69) is 33.8 Å². The van der Waals surface area contributed by atoms with Crippen molar-refractivity contribution in [3.8, 4) is 0 Å². The molecule has 3 nitrogen and oxygen atoms in total. The summed E-state index contributed by atoms with van der Waals surface area (Å²) in [5, 5.41) is 0. The Balaban J connectivity index is 3.17. The van der Waals surface area contributed by atoms with E-state index < -0.39 is 6.03 Å². The number of rotatable bonds is 2. The van der Waals surface area contributed by atoms with Gasteiger partial charge in [-0.05, 0) is 55.5 Å². The average molecular weight is 220 g/mol. The highest BCUT2D eigenvalue weighted by Gasteiger charge is 2.12. The van der Waals surface area contributed by atoms with Gasteiger partial charge in [-0.2, -0.15) is 0 Å². The third-order valence-corrected chi connectivity index (χ3v) is 3.29. The van der Waals surface area contributed by atoms with Gasteiger partial charge in [0, 0.05) is 13.6 Å². The van der Waals surface area contributed by atoms with Crippen LogP contribution in [0.5, 0.6) is 0 Å². The molecule has 0 unspecified atom stereocenters. The third-order valence-electron chi connectivity index (χ3n) is 3.29. The highest BCUT2D eigenvalue weighted by atomic mass is 16.2. The van der Waals surface area contributed by atoms with E-state index in [9.17, 15) is 4.79 Å². The van der Waals surface area contributed by atoms with E-state index in [1.165, 1.54) is 32.7 Å². The SMILES string of the molecule is Cc1cc(C)c(C)c(CN(C)C(N)=O)c1C. The molecular formula is C13H20N2O. The van der Waals surface area contributed by atoms with Crippen LogP contribution in [0.4, 0.5) is 4.79 Å². The molecule has 0 aliphatic rings. The van der Waals surface area contributed by atoms with Crippen LogP contribution >= 0.6 is 0 Å². The van der Waals surface area contributed by atoms with E-state index in [0.29, 0.717) is 6.54 Å². The Labute approximate surface area is 97.2 Å². The topological polar surface area (TPSA) is 46.3 Å². The van der Waals surface area contributed by atoms with Gasteiger partial charge in [0.25, 0.3) is 0 Å². The monoisotopic (exact) mass is 220 g/mol. The summed E-state index contributed by atoms with van der Waals surface area (Å²) >= 11 is 0. The lowest BCUT2D eigenvalue weighted by Gasteiger charge is -2.20. The lowest BCUT2D eigenvalue weighted by atomic mass is 9.94. The zero-order valence-corrected chi connectivity index (χ0v) is 10.7. The normalized spacial score (nSPS) is 10.3. The number of hydrogen-bond donors (Lipinski definition) is 1. The van der Waals surface area contributed by atoms with Crippen LogP contribution in [0.1, 0.15) is 27.8 Å². The summed E-state index contributed by atoms with van der Waals surface area (Å²) in [6.45, 7) is 8.94. The van der Waals surface area contributed by atoms with Crippen LogP contribution in [0.2, 0.25) is 0 Å². The van der Waals surface area contributed by atoms with Gasteiger partial charge in [-0.3, -0.25) is 0 Å². The minimum atomic E-state index is -0.391. The molecule has 16 heavy (non-hydrogen) atoms. The molecule has 0 bridgehead atoms. The molecule has 2 N–H and O–H groups in total. The van der Waals surface area contributed by atoms with E-state index in [4.69, 9.17) is 5.73 Å². The van der Waals surface area contributed by atoms with Crippen LogP contribution in [-0.2, 0) is 6.54 Å². The molecule has 1 aromatic rings. The Morgan fingerprint density at radius 3 is 2.00 bits per heavy atom. The smallest absolute Gasteiger partial charge is 0.314 e. The standard InChI is InChI=1S/C13H20N2O/c1-8-6-9(2)11(4)12(10(8)3)7-15(5)13(14)16/h6H,7H2,1-5H3,(H2,14,16). The fraction of sp³-hybridized carbons (Fsp3) is 0.462. The summed E-state index contributed by atoms with van der Waals surface area (Å²) in [6, 6.07) is 1.79. The maximum Gasteiger partial charge on any atom is 0.314 e. The minimum absolute atomic E-state index is 0.391. The van der Waals surface area contributed by atoms with Gasteiger partial charge in [-0.25, -0.2) is 4.79 Å². The highest BCUT2D eigenvalue weighted by Crippen LogP contribution is 2.22. The molecule has 88 valence electrons. The molecule has 0 aliphatic heterocycles. The van der Waals surface area contributed by atoms with Gasteiger partial charge >= 0.3 is 6.03 Å². The second-order valence-electron chi connectivity index (χ2n) is 4.43. The van der Waals surface area contributed by atoms with Gasteiger partial charge in [0.1, 0.15) is 0 Å². The van der Waals surface area contributed by atoms with E-state index in [0.717, 1.165) is 0 Å². The number of urea groups is 1. The number of nitrogens with two attached hydrogens (primary N) is 1. The molecule has 0 heterocycles. The van der Waals surface area contributed by atoms with Gasteiger partial charge < -0.3 is 10.6 Å². The summed E-state index contributed by atoms with van der Waals surface area (Å²) in [7, 11) is 1.72. The Morgan fingerprint density at radius 2 is 1.62 bits per heavy atom. The van der Waals surface area contributed by atoms with Gasteiger partial charge in [0.15, 0.2) is 0 Å². The fourth-order valence-corrected chi connectivity index (χ4v) is 1.85. The van der Waals surface area contributed by atoms with Crippen molar-refractivity contribution in [2.45, 2.75) is 34.2 Å². The van der Waals surface area contributed by atoms with Crippen LogP contribution in [0.3, 0.4) is 0 Å². The van der Waals surface area contributed by atoms with Crippen LogP contribution < -0.4 is 5.73 Å². The molecule has 0 aromatic heterocycles. The maximum atomic E-state index is 11.0. The van der Waals surface area contributed by atoms with Gasteiger partial charge in [-0.1, -0.05) is 6.07 Å². The summed E-state index contributed by atoms with van der Waals surface area (Å²) in [4.78, 5) is 12.6. The molecule has 0 atom stereocenters.